The molecule has 1 aromatic heterocycles. The zero-order valence-electron chi connectivity index (χ0n) is 10.7. The van der Waals surface area contributed by atoms with Crippen molar-refractivity contribution < 1.29 is 9.59 Å². The van der Waals surface area contributed by atoms with Crippen molar-refractivity contribution in [2.24, 2.45) is 22.4 Å². The van der Waals surface area contributed by atoms with Gasteiger partial charge in [0.2, 0.25) is 11.8 Å². The van der Waals surface area contributed by atoms with E-state index in [1.165, 1.54) is 11.3 Å². The molecule has 2 rings (SSSR count). The van der Waals surface area contributed by atoms with Crippen molar-refractivity contribution in [3.63, 3.8) is 0 Å². The predicted molar refractivity (Wildman–Crippen MR) is 74.7 cm³/mol. The summed E-state index contributed by atoms with van der Waals surface area (Å²) >= 11 is 1.47. The van der Waals surface area contributed by atoms with Crippen LogP contribution in [0.2, 0.25) is 0 Å². The summed E-state index contributed by atoms with van der Waals surface area (Å²) in [6.45, 7) is 3.47. The van der Waals surface area contributed by atoms with Crippen molar-refractivity contribution in [2.75, 3.05) is 0 Å². The molecule has 0 saturated carbocycles. The summed E-state index contributed by atoms with van der Waals surface area (Å²) in [6.07, 6.45) is 0. The average Bonchev–Trinajstić information content (AvgIpc) is 2.79. The molecule has 1 unspecified atom stereocenters. The van der Waals surface area contributed by atoms with Crippen LogP contribution in [0.15, 0.2) is 33.8 Å². The van der Waals surface area contributed by atoms with E-state index in [1.54, 1.807) is 13.8 Å². The molecule has 100 valence electrons. The van der Waals surface area contributed by atoms with Crippen LogP contribution >= 0.6 is 11.3 Å². The number of carbonyl (C=O) groups excluding carboxylic acids is 2. The first-order valence-corrected chi connectivity index (χ1v) is 6.70. The van der Waals surface area contributed by atoms with Gasteiger partial charge in [0.05, 0.1) is 5.92 Å². The number of nitrogens with two attached hydrogens (primary N) is 2. The molecule has 6 heteroatoms. The van der Waals surface area contributed by atoms with Crippen molar-refractivity contribution in [2.45, 2.75) is 19.8 Å². The molecule has 1 aliphatic rings. The van der Waals surface area contributed by atoms with E-state index in [9.17, 15) is 9.59 Å². The summed E-state index contributed by atoms with van der Waals surface area (Å²) in [5, 5.41) is 1.89. The number of allylic oxidation sites excluding steroid dienone is 1. The zero-order chi connectivity index (χ0) is 14.2. The number of primary amides is 2. The monoisotopic (exact) mass is 277 g/mol. The first-order valence-electron chi connectivity index (χ1n) is 5.82. The quantitative estimate of drug-likeness (QED) is 0.866. The Hall–Kier alpha value is -1.95. The maximum absolute atomic E-state index is 11.7. The molecular weight excluding hydrogens is 262 g/mol. The second-order valence-electron chi connectivity index (χ2n) is 4.49. The molecule has 1 aromatic rings. The number of thiophene rings is 1. The topological polar surface area (TPSA) is 98.5 Å². The third-order valence-corrected chi connectivity index (χ3v) is 4.21. The van der Waals surface area contributed by atoms with Crippen LogP contribution in [-0.2, 0) is 9.59 Å². The minimum Gasteiger partial charge on any atom is -0.369 e. The fourth-order valence-corrected chi connectivity index (χ4v) is 3.38. The highest BCUT2D eigenvalue weighted by molar-refractivity contribution is 7.10. The van der Waals surface area contributed by atoms with Gasteiger partial charge >= 0.3 is 0 Å². The van der Waals surface area contributed by atoms with Gasteiger partial charge in [-0.2, -0.15) is 0 Å². The third-order valence-electron chi connectivity index (χ3n) is 3.25. The highest BCUT2D eigenvalue weighted by Gasteiger charge is 2.39. The van der Waals surface area contributed by atoms with E-state index in [0.29, 0.717) is 17.0 Å². The van der Waals surface area contributed by atoms with Crippen molar-refractivity contribution >= 4 is 28.9 Å². The van der Waals surface area contributed by atoms with Crippen molar-refractivity contribution in [1.29, 1.82) is 0 Å². The molecule has 0 aromatic carbocycles. The molecule has 0 fully saturated rings. The normalized spacial score (nSPS) is 23.2. The largest absolute Gasteiger partial charge is 0.369 e. The SMILES string of the molecule is CC1=NC(C)=C(C(N)=O)[C@@H](c2cccs2)C1C(N)=O. The molecule has 19 heavy (non-hydrogen) atoms. The van der Waals surface area contributed by atoms with Gasteiger partial charge in [0.15, 0.2) is 0 Å². The van der Waals surface area contributed by atoms with E-state index in [0.717, 1.165) is 4.88 Å². The second kappa shape index (κ2) is 4.97. The number of nitrogens with zero attached hydrogens (tertiary/aromatic N) is 1. The molecule has 5 nitrogen and oxygen atoms in total. The van der Waals surface area contributed by atoms with E-state index in [1.807, 2.05) is 17.5 Å². The van der Waals surface area contributed by atoms with Crippen LogP contribution in [0.3, 0.4) is 0 Å². The standard InChI is InChI=1S/C13H15N3O2S/c1-6-9(12(14)17)11(8-4-3-5-19-8)10(13(15)18)7(2)16-6/h3-5,9,11H,1-2H3,(H2,14,17)(H2,15,18)/t9?,11-/m0/s1. The van der Waals surface area contributed by atoms with Crippen LogP contribution in [0.25, 0.3) is 0 Å². The Morgan fingerprint density at radius 1 is 1.32 bits per heavy atom. The Morgan fingerprint density at radius 2 is 2.00 bits per heavy atom. The Bertz CT molecular complexity index is 587. The molecule has 0 spiro atoms. The summed E-state index contributed by atoms with van der Waals surface area (Å²) in [4.78, 5) is 28.6. The van der Waals surface area contributed by atoms with Gasteiger partial charge in [-0.05, 0) is 25.3 Å². The lowest BCUT2D eigenvalue weighted by molar-refractivity contribution is -0.120. The lowest BCUT2D eigenvalue weighted by Crippen LogP contribution is -2.39. The molecule has 1 aliphatic heterocycles. The highest BCUT2D eigenvalue weighted by atomic mass is 32.1. The van der Waals surface area contributed by atoms with Gasteiger partial charge in [-0.15, -0.1) is 11.3 Å². The summed E-state index contributed by atoms with van der Waals surface area (Å²) < 4.78 is 0. The van der Waals surface area contributed by atoms with E-state index in [4.69, 9.17) is 11.5 Å². The van der Waals surface area contributed by atoms with Gasteiger partial charge in [-0.3, -0.25) is 14.6 Å². The fraction of sp³-hybridized carbons (Fsp3) is 0.308. The molecule has 2 heterocycles. The van der Waals surface area contributed by atoms with Gasteiger partial charge < -0.3 is 11.5 Å². The Labute approximate surface area is 115 Å². The molecule has 4 N–H and O–H groups in total. The lowest BCUT2D eigenvalue weighted by Gasteiger charge is -2.29. The number of aliphatic imine (C=N–C) groups is 1. The first kappa shape index (κ1) is 13.5. The predicted octanol–water partition coefficient (Wildman–Crippen LogP) is 1.17. The molecule has 0 radical (unpaired) electrons. The van der Waals surface area contributed by atoms with Crippen LogP contribution in [-0.4, -0.2) is 17.5 Å². The Balaban J connectivity index is 2.63. The van der Waals surface area contributed by atoms with Crippen LogP contribution in [0.1, 0.15) is 24.6 Å². The van der Waals surface area contributed by atoms with Crippen LogP contribution in [0.5, 0.6) is 0 Å². The minimum atomic E-state index is -0.621. The Morgan fingerprint density at radius 3 is 2.47 bits per heavy atom. The lowest BCUT2D eigenvalue weighted by atomic mass is 9.78. The number of hydrogen-bond acceptors (Lipinski definition) is 4. The fourth-order valence-electron chi connectivity index (χ4n) is 2.50. The highest BCUT2D eigenvalue weighted by Crippen LogP contribution is 2.40. The number of hydrogen-bond donors (Lipinski definition) is 2. The molecule has 0 aliphatic carbocycles. The second-order valence-corrected chi connectivity index (χ2v) is 5.47. The van der Waals surface area contributed by atoms with E-state index < -0.39 is 23.7 Å². The molecular formula is C13H15N3O2S. The molecule has 0 bridgehead atoms. The van der Waals surface area contributed by atoms with Crippen LogP contribution in [0.4, 0.5) is 0 Å². The first-order chi connectivity index (χ1) is 8.93. The van der Waals surface area contributed by atoms with Gasteiger partial charge in [-0.25, -0.2) is 0 Å². The van der Waals surface area contributed by atoms with Crippen LogP contribution in [0, 0.1) is 5.92 Å². The summed E-state index contributed by atoms with van der Waals surface area (Å²) in [6, 6.07) is 3.74. The van der Waals surface area contributed by atoms with Crippen molar-refractivity contribution in [3.05, 3.63) is 33.7 Å². The maximum atomic E-state index is 11.7. The number of amides is 2. The van der Waals surface area contributed by atoms with E-state index in [2.05, 4.69) is 4.99 Å². The molecule has 2 atom stereocenters. The van der Waals surface area contributed by atoms with Crippen molar-refractivity contribution in [1.82, 2.24) is 0 Å². The average molecular weight is 277 g/mol. The number of rotatable bonds is 3. The van der Waals surface area contributed by atoms with Crippen molar-refractivity contribution in [3.8, 4) is 0 Å². The van der Waals surface area contributed by atoms with Gasteiger partial charge in [-0.1, -0.05) is 6.07 Å². The maximum Gasteiger partial charge on any atom is 0.247 e. The van der Waals surface area contributed by atoms with Gasteiger partial charge in [0.25, 0.3) is 0 Å². The summed E-state index contributed by atoms with van der Waals surface area (Å²) in [5.74, 6) is -2.10. The smallest absolute Gasteiger partial charge is 0.247 e. The van der Waals surface area contributed by atoms with E-state index >= 15 is 0 Å². The minimum absolute atomic E-state index is 0.372. The number of carbonyl (C=O) groups is 2. The third kappa shape index (κ3) is 2.31. The Kier molecular flexibility index (Phi) is 3.53. The molecule has 2 amide bonds. The molecule has 0 saturated heterocycles. The summed E-state index contributed by atoms with van der Waals surface area (Å²) in [5.41, 5.74) is 12.5. The van der Waals surface area contributed by atoms with Gasteiger partial charge in [0, 0.05) is 27.8 Å². The van der Waals surface area contributed by atoms with Gasteiger partial charge in [0.1, 0.15) is 0 Å². The van der Waals surface area contributed by atoms with E-state index in [-0.39, 0.29) is 0 Å². The summed E-state index contributed by atoms with van der Waals surface area (Å²) in [7, 11) is 0. The zero-order valence-corrected chi connectivity index (χ0v) is 11.5. The van der Waals surface area contributed by atoms with Crippen LogP contribution < -0.4 is 11.5 Å².